The van der Waals surface area contributed by atoms with Gasteiger partial charge >= 0.3 is 0 Å². The van der Waals surface area contributed by atoms with Crippen molar-refractivity contribution in [1.82, 2.24) is 4.90 Å². The number of carbonyl (C=O) groups excluding carboxylic acids is 1. The molecule has 116 valence electrons. The van der Waals surface area contributed by atoms with E-state index in [-0.39, 0.29) is 5.91 Å². The minimum atomic E-state index is 0.171. The van der Waals surface area contributed by atoms with Crippen LogP contribution < -0.4 is 4.90 Å². The van der Waals surface area contributed by atoms with E-state index in [0.29, 0.717) is 6.54 Å². The van der Waals surface area contributed by atoms with Gasteiger partial charge in [0.05, 0.1) is 6.54 Å². The normalized spacial score (nSPS) is 10.3. The van der Waals surface area contributed by atoms with E-state index in [2.05, 4.69) is 29.2 Å². The van der Waals surface area contributed by atoms with Crippen LogP contribution in [0.2, 0.25) is 0 Å². The van der Waals surface area contributed by atoms with Crippen LogP contribution in [-0.4, -0.2) is 30.4 Å². The van der Waals surface area contributed by atoms with Crippen LogP contribution in [0.4, 0.5) is 5.69 Å². The maximum atomic E-state index is 12.5. The Morgan fingerprint density at radius 2 is 1.41 bits per heavy atom. The number of para-hydroxylation sites is 1. The minimum Gasteiger partial charge on any atom is -0.358 e. The third kappa shape index (κ3) is 4.35. The molecule has 0 aliphatic carbocycles. The van der Waals surface area contributed by atoms with E-state index < -0.39 is 0 Å². The van der Waals surface area contributed by atoms with E-state index in [4.69, 9.17) is 0 Å². The highest BCUT2D eigenvalue weighted by Crippen LogP contribution is 2.17. The molecule has 0 aromatic heterocycles. The number of hydrogen-bond acceptors (Lipinski definition) is 2. The Morgan fingerprint density at radius 3 is 1.95 bits per heavy atom. The van der Waals surface area contributed by atoms with Crippen LogP contribution >= 0.6 is 0 Å². The van der Waals surface area contributed by atoms with Crippen LogP contribution in [-0.2, 0) is 11.3 Å². The Hall–Kier alpha value is -2.29. The molecule has 0 heterocycles. The fraction of sp³-hybridized carbons (Fsp3) is 0.316. The maximum absolute atomic E-state index is 12.5. The summed E-state index contributed by atoms with van der Waals surface area (Å²) in [5, 5.41) is 0. The van der Waals surface area contributed by atoms with Crippen molar-refractivity contribution in [3.63, 3.8) is 0 Å². The zero-order valence-electron chi connectivity index (χ0n) is 13.4. The molecule has 0 spiro atoms. The lowest BCUT2D eigenvalue weighted by atomic mass is 10.2. The quantitative estimate of drug-likeness (QED) is 0.780. The molecule has 0 atom stereocenters. The molecule has 22 heavy (non-hydrogen) atoms. The number of amides is 1. The van der Waals surface area contributed by atoms with Gasteiger partial charge in [0.2, 0.25) is 5.91 Å². The first-order chi connectivity index (χ1) is 10.7. The Morgan fingerprint density at radius 1 is 0.864 bits per heavy atom. The first kappa shape index (κ1) is 16.1. The highest BCUT2D eigenvalue weighted by Gasteiger charge is 2.15. The number of benzene rings is 2. The van der Waals surface area contributed by atoms with E-state index in [9.17, 15) is 4.79 Å². The summed E-state index contributed by atoms with van der Waals surface area (Å²) in [4.78, 5) is 16.5. The molecule has 0 bridgehead atoms. The monoisotopic (exact) mass is 296 g/mol. The second-order valence-corrected chi connectivity index (χ2v) is 5.24. The lowest BCUT2D eigenvalue weighted by Crippen LogP contribution is -2.40. The SMILES string of the molecule is CCN(CC)C(=O)CN(Cc1ccccc1)c1ccccc1. The Kier molecular flexibility index (Phi) is 6.01. The van der Waals surface area contributed by atoms with Gasteiger partial charge in [0.25, 0.3) is 0 Å². The zero-order valence-corrected chi connectivity index (χ0v) is 13.4. The minimum absolute atomic E-state index is 0.171. The molecule has 0 saturated heterocycles. The summed E-state index contributed by atoms with van der Waals surface area (Å²) in [5.74, 6) is 0.171. The fourth-order valence-electron chi connectivity index (χ4n) is 2.52. The van der Waals surface area contributed by atoms with Crippen LogP contribution in [0.5, 0.6) is 0 Å². The summed E-state index contributed by atoms with van der Waals surface area (Å²) in [6.07, 6.45) is 0. The van der Waals surface area contributed by atoms with Gasteiger partial charge in [0.1, 0.15) is 0 Å². The number of likely N-dealkylation sites (N-methyl/N-ethyl adjacent to an activating group) is 1. The second kappa shape index (κ2) is 8.23. The van der Waals surface area contributed by atoms with Crippen molar-refractivity contribution < 1.29 is 4.79 Å². The molecule has 0 unspecified atom stereocenters. The van der Waals surface area contributed by atoms with Gasteiger partial charge in [-0.05, 0) is 31.5 Å². The molecule has 2 aromatic carbocycles. The summed E-state index contributed by atoms with van der Waals surface area (Å²) < 4.78 is 0. The third-order valence-electron chi connectivity index (χ3n) is 3.78. The van der Waals surface area contributed by atoms with E-state index >= 15 is 0 Å². The van der Waals surface area contributed by atoms with E-state index in [1.165, 1.54) is 5.56 Å². The maximum Gasteiger partial charge on any atom is 0.242 e. The molecule has 0 fully saturated rings. The lowest BCUT2D eigenvalue weighted by molar-refractivity contribution is -0.129. The average molecular weight is 296 g/mol. The second-order valence-electron chi connectivity index (χ2n) is 5.24. The Labute approximate surface area is 133 Å². The molecule has 2 aromatic rings. The van der Waals surface area contributed by atoms with Crippen molar-refractivity contribution in [1.29, 1.82) is 0 Å². The molecule has 3 heteroatoms. The third-order valence-corrected chi connectivity index (χ3v) is 3.78. The summed E-state index contributed by atoms with van der Waals surface area (Å²) in [7, 11) is 0. The number of nitrogens with zero attached hydrogens (tertiary/aromatic N) is 2. The van der Waals surface area contributed by atoms with E-state index in [1.54, 1.807) is 0 Å². The van der Waals surface area contributed by atoms with Crippen molar-refractivity contribution in [2.45, 2.75) is 20.4 Å². The molecular weight excluding hydrogens is 272 g/mol. The van der Waals surface area contributed by atoms with Crippen molar-refractivity contribution in [2.24, 2.45) is 0 Å². The summed E-state index contributed by atoms with van der Waals surface area (Å²) in [6.45, 7) is 6.68. The van der Waals surface area contributed by atoms with Crippen LogP contribution in [0.15, 0.2) is 60.7 Å². The van der Waals surface area contributed by atoms with Crippen molar-refractivity contribution in [3.8, 4) is 0 Å². The predicted octanol–water partition coefficient (Wildman–Crippen LogP) is 3.56. The Balaban J connectivity index is 2.17. The largest absolute Gasteiger partial charge is 0.358 e. The van der Waals surface area contributed by atoms with Gasteiger partial charge in [-0.1, -0.05) is 48.5 Å². The van der Waals surface area contributed by atoms with Crippen LogP contribution in [0.1, 0.15) is 19.4 Å². The number of carbonyl (C=O) groups is 1. The molecule has 1 amide bonds. The van der Waals surface area contributed by atoms with E-state index in [1.807, 2.05) is 55.1 Å². The van der Waals surface area contributed by atoms with Crippen LogP contribution in [0.25, 0.3) is 0 Å². The molecule has 0 aliphatic heterocycles. The standard InChI is InChI=1S/C19H24N2O/c1-3-20(4-2)19(22)16-21(18-13-9-6-10-14-18)15-17-11-7-5-8-12-17/h5-14H,3-4,15-16H2,1-2H3. The molecule has 2 rings (SSSR count). The van der Waals surface area contributed by atoms with Gasteiger partial charge in [-0.25, -0.2) is 0 Å². The molecule has 0 saturated carbocycles. The number of rotatable bonds is 7. The highest BCUT2D eigenvalue weighted by molar-refractivity contribution is 5.81. The van der Waals surface area contributed by atoms with Crippen LogP contribution in [0.3, 0.4) is 0 Å². The molecule has 0 N–H and O–H groups in total. The summed E-state index contributed by atoms with van der Waals surface area (Å²) in [6, 6.07) is 20.4. The molecule has 0 radical (unpaired) electrons. The number of anilines is 1. The van der Waals surface area contributed by atoms with Gasteiger partial charge in [0.15, 0.2) is 0 Å². The smallest absolute Gasteiger partial charge is 0.242 e. The predicted molar refractivity (Wildman–Crippen MR) is 91.9 cm³/mol. The van der Waals surface area contributed by atoms with Crippen molar-refractivity contribution in [2.75, 3.05) is 24.5 Å². The van der Waals surface area contributed by atoms with Gasteiger partial charge in [-0.3, -0.25) is 4.79 Å². The van der Waals surface area contributed by atoms with Gasteiger partial charge in [-0.2, -0.15) is 0 Å². The zero-order chi connectivity index (χ0) is 15.8. The van der Waals surface area contributed by atoms with Crippen molar-refractivity contribution >= 4 is 11.6 Å². The average Bonchev–Trinajstić information content (AvgIpc) is 2.57. The van der Waals surface area contributed by atoms with E-state index in [0.717, 1.165) is 25.3 Å². The summed E-state index contributed by atoms with van der Waals surface area (Å²) >= 11 is 0. The first-order valence-corrected chi connectivity index (χ1v) is 7.86. The Bertz CT molecular complexity index is 565. The first-order valence-electron chi connectivity index (χ1n) is 7.86. The van der Waals surface area contributed by atoms with Crippen molar-refractivity contribution in [3.05, 3.63) is 66.2 Å². The van der Waals surface area contributed by atoms with Crippen LogP contribution in [0, 0.1) is 0 Å². The molecule has 0 aliphatic rings. The molecule has 3 nitrogen and oxygen atoms in total. The lowest BCUT2D eigenvalue weighted by Gasteiger charge is -2.28. The topological polar surface area (TPSA) is 23.6 Å². The fourth-order valence-corrected chi connectivity index (χ4v) is 2.52. The molecular formula is C19H24N2O. The number of hydrogen-bond donors (Lipinski definition) is 0. The van der Waals surface area contributed by atoms with Gasteiger partial charge in [0, 0.05) is 25.3 Å². The van der Waals surface area contributed by atoms with Gasteiger partial charge < -0.3 is 9.80 Å². The highest BCUT2D eigenvalue weighted by atomic mass is 16.2. The van der Waals surface area contributed by atoms with Gasteiger partial charge in [-0.15, -0.1) is 0 Å². The summed E-state index contributed by atoms with van der Waals surface area (Å²) in [5.41, 5.74) is 2.28.